The minimum absolute atomic E-state index is 0.0475. The predicted molar refractivity (Wildman–Crippen MR) is 109 cm³/mol. The molecule has 1 amide bonds. The van der Waals surface area contributed by atoms with Gasteiger partial charge in [-0.3, -0.25) is 4.79 Å². The Balaban J connectivity index is 1.35. The van der Waals surface area contributed by atoms with E-state index in [1.165, 1.54) is 11.0 Å². The summed E-state index contributed by atoms with van der Waals surface area (Å²) in [6, 6.07) is 10.3. The van der Waals surface area contributed by atoms with Crippen LogP contribution in [-0.2, 0) is 0 Å². The van der Waals surface area contributed by atoms with Gasteiger partial charge in [0.25, 0.3) is 5.91 Å². The molecule has 1 aliphatic rings. The van der Waals surface area contributed by atoms with Gasteiger partial charge in [-0.25, -0.2) is 4.52 Å². The molecule has 5 rings (SSSR count). The molecule has 32 heavy (non-hydrogen) atoms. The molecule has 0 aliphatic heterocycles. The molecule has 1 fully saturated rings. The van der Waals surface area contributed by atoms with E-state index in [4.69, 9.17) is 0 Å². The van der Waals surface area contributed by atoms with Gasteiger partial charge in [-0.1, -0.05) is 18.2 Å². The van der Waals surface area contributed by atoms with Crippen LogP contribution in [-0.4, -0.2) is 41.9 Å². The molecule has 0 unspecified atom stereocenters. The molecule has 1 N–H and O–H groups in total. The second-order valence-corrected chi connectivity index (χ2v) is 7.87. The number of aromatic nitrogens is 6. The topological polar surface area (TPSA) is 90.0 Å². The van der Waals surface area contributed by atoms with Crippen LogP contribution in [0.2, 0.25) is 0 Å². The van der Waals surface area contributed by atoms with Crippen molar-refractivity contribution in [3.63, 3.8) is 0 Å². The Labute approximate surface area is 180 Å². The zero-order valence-electron chi connectivity index (χ0n) is 16.9. The van der Waals surface area contributed by atoms with Crippen molar-refractivity contribution in [1.29, 1.82) is 0 Å². The van der Waals surface area contributed by atoms with Crippen LogP contribution in [0.1, 0.15) is 34.8 Å². The number of benzene rings is 1. The molecule has 1 aliphatic carbocycles. The largest absolute Gasteiger partial charge is 0.391 e. The van der Waals surface area contributed by atoms with Gasteiger partial charge >= 0.3 is 6.18 Å². The van der Waals surface area contributed by atoms with Crippen molar-refractivity contribution >= 4 is 17.1 Å². The number of fused-ring (bicyclic) bond motifs is 1. The Kier molecular flexibility index (Phi) is 4.68. The molecule has 4 aromatic rings. The Hall–Kier alpha value is -3.76. The van der Waals surface area contributed by atoms with Gasteiger partial charge in [0.15, 0.2) is 0 Å². The van der Waals surface area contributed by atoms with E-state index >= 15 is 0 Å². The fourth-order valence-electron chi connectivity index (χ4n) is 3.73. The Morgan fingerprint density at radius 1 is 1.19 bits per heavy atom. The Morgan fingerprint density at radius 3 is 2.78 bits per heavy atom. The number of amides is 1. The molecular formula is C21H18F3N7O. The van der Waals surface area contributed by atoms with E-state index in [2.05, 4.69) is 25.8 Å². The molecule has 8 nitrogen and oxygen atoms in total. The van der Waals surface area contributed by atoms with E-state index in [9.17, 15) is 18.0 Å². The van der Waals surface area contributed by atoms with E-state index in [-0.39, 0.29) is 24.6 Å². The summed E-state index contributed by atoms with van der Waals surface area (Å²) in [4.78, 5) is 14.1. The van der Waals surface area contributed by atoms with Gasteiger partial charge in [0.2, 0.25) is 5.82 Å². The average molecular weight is 441 g/mol. The van der Waals surface area contributed by atoms with Gasteiger partial charge in [-0.05, 0) is 48.7 Å². The second-order valence-electron chi connectivity index (χ2n) is 7.87. The molecule has 1 aromatic carbocycles. The summed E-state index contributed by atoms with van der Waals surface area (Å²) in [5.74, 6) is -1.34. The van der Waals surface area contributed by atoms with E-state index in [1.807, 2.05) is 25.1 Å². The molecule has 3 aromatic heterocycles. The summed E-state index contributed by atoms with van der Waals surface area (Å²) in [6.07, 6.45) is -1.02. The molecule has 164 valence electrons. The average Bonchev–Trinajstić information content (AvgIpc) is 3.35. The molecule has 0 bridgehead atoms. The van der Waals surface area contributed by atoms with Gasteiger partial charge < -0.3 is 5.32 Å². The zero-order valence-corrected chi connectivity index (χ0v) is 16.9. The van der Waals surface area contributed by atoms with E-state index in [1.54, 1.807) is 28.9 Å². The van der Waals surface area contributed by atoms with Crippen LogP contribution in [0, 0.1) is 12.8 Å². The quantitative estimate of drug-likeness (QED) is 0.516. The number of tetrazole rings is 1. The fraction of sp³-hybridized carbons (Fsp3) is 0.286. The van der Waals surface area contributed by atoms with Gasteiger partial charge in [-0.15, -0.1) is 10.2 Å². The molecule has 1 saturated carbocycles. The number of nitrogens with one attached hydrogen (secondary N) is 1. The van der Waals surface area contributed by atoms with Crippen LogP contribution in [0.5, 0.6) is 0 Å². The number of rotatable bonds is 4. The van der Waals surface area contributed by atoms with Crippen LogP contribution in [0.4, 0.5) is 18.9 Å². The second kappa shape index (κ2) is 7.43. The van der Waals surface area contributed by atoms with Gasteiger partial charge in [-0.2, -0.15) is 23.1 Å². The highest BCUT2D eigenvalue weighted by Crippen LogP contribution is 2.46. The highest BCUT2D eigenvalue weighted by atomic mass is 19.4. The monoisotopic (exact) mass is 441 g/mol. The predicted octanol–water partition coefficient (Wildman–Crippen LogP) is 4.06. The normalized spacial score (nSPS) is 18.5. The van der Waals surface area contributed by atoms with Gasteiger partial charge in [0, 0.05) is 17.4 Å². The Morgan fingerprint density at radius 2 is 2.00 bits per heavy atom. The number of nitrogens with zero attached hydrogens (tertiary/aromatic N) is 6. The number of aryl methyl sites for hydroxylation is 1. The molecule has 0 spiro atoms. The SMILES string of the molecule is Cc1ccc(-c2nnn([C@H]3C[C@@H](C(F)(F)F)C3)n2)cc1NC(=O)c1cnn2ccccc12. The summed E-state index contributed by atoms with van der Waals surface area (Å²) in [7, 11) is 0. The van der Waals surface area contributed by atoms with Crippen LogP contribution in [0.15, 0.2) is 48.8 Å². The third-order valence-corrected chi connectivity index (χ3v) is 5.75. The van der Waals surface area contributed by atoms with Gasteiger partial charge in [0.1, 0.15) is 0 Å². The van der Waals surface area contributed by atoms with Crippen molar-refractivity contribution in [2.24, 2.45) is 5.92 Å². The lowest BCUT2D eigenvalue weighted by Crippen LogP contribution is -2.37. The smallest absolute Gasteiger partial charge is 0.322 e. The Bertz CT molecular complexity index is 1300. The van der Waals surface area contributed by atoms with Crippen LogP contribution < -0.4 is 5.32 Å². The summed E-state index contributed by atoms with van der Waals surface area (Å²) >= 11 is 0. The minimum Gasteiger partial charge on any atom is -0.322 e. The van der Waals surface area contributed by atoms with E-state index in [0.29, 0.717) is 22.3 Å². The van der Waals surface area contributed by atoms with Crippen LogP contribution >= 0.6 is 0 Å². The highest BCUT2D eigenvalue weighted by Gasteiger charge is 2.49. The van der Waals surface area contributed by atoms with Crippen molar-refractivity contribution in [3.05, 3.63) is 59.9 Å². The summed E-state index contributed by atoms with van der Waals surface area (Å²) in [5, 5.41) is 19.2. The molecule has 11 heteroatoms. The fourth-order valence-corrected chi connectivity index (χ4v) is 3.73. The minimum atomic E-state index is -4.19. The lowest BCUT2D eigenvalue weighted by molar-refractivity contribution is -0.203. The lowest BCUT2D eigenvalue weighted by Gasteiger charge is -2.35. The number of pyridine rings is 1. The van der Waals surface area contributed by atoms with Crippen molar-refractivity contribution < 1.29 is 18.0 Å². The number of halogens is 3. The summed E-state index contributed by atoms with van der Waals surface area (Å²) in [6.45, 7) is 1.85. The van der Waals surface area contributed by atoms with E-state index in [0.717, 1.165) is 5.56 Å². The number of hydrogen-bond donors (Lipinski definition) is 1. The molecular weight excluding hydrogens is 423 g/mol. The van der Waals surface area contributed by atoms with Crippen molar-refractivity contribution in [3.8, 4) is 11.4 Å². The highest BCUT2D eigenvalue weighted by molar-refractivity contribution is 6.09. The first-order valence-corrected chi connectivity index (χ1v) is 10.0. The maximum absolute atomic E-state index is 12.8. The van der Waals surface area contributed by atoms with E-state index < -0.39 is 18.1 Å². The van der Waals surface area contributed by atoms with Crippen LogP contribution in [0.3, 0.4) is 0 Å². The number of alkyl halides is 3. The van der Waals surface area contributed by atoms with Crippen molar-refractivity contribution in [2.75, 3.05) is 5.32 Å². The first-order chi connectivity index (χ1) is 15.3. The number of anilines is 1. The number of carbonyl (C=O) groups is 1. The standard InChI is InChI=1S/C21H18F3N7O/c1-12-5-6-13(19-27-29-31(28-19)15-9-14(10-15)21(22,23)24)8-17(12)26-20(32)16-11-25-30-7-3-2-4-18(16)30/h2-8,11,14-15H,9-10H2,1H3,(H,26,32)/t14-,15+. The molecule has 0 saturated heterocycles. The first kappa shape index (κ1) is 20.2. The van der Waals surface area contributed by atoms with Gasteiger partial charge in [0.05, 0.1) is 29.2 Å². The molecule has 3 heterocycles. The third-order valence-electron chi connectivity index (χ3n) is 5.75. The lowest BCUT2D eigenvalue weighted by atomic mass is 9.80. The maximum atomic E-state index is 12.8. The molecule has 0 radical (unpaired) electrons. The van der Waals surface area contributed by atoms with Crippen molar-refractivity contribution in [1.82, 2.24) is 29.8 Å². The van der Waals surface area contributed by atoms with Crippen molar-refractivity contribution in [2.45, 2.75) is 32.0 Å². The first-order valence-electron chi connectivity index (χ1n) is 10.0. The zero-order chi connectivity index (χ0) is 22.5. The summed E-state index contributed by atoms with van der Waals surface area (Å²) in [5.41, 5.74) is 3.12. The number of carbonyl (C=O) groups excluding carboxylic acids is 1. The molecule has 0 atom stereocenters. The van der Waals surface area contributed by atoms with Crippen LogP contribution in [0.25, 0.3) is 16.9 Å². The number of hydrogen-bond acceptors (Lipinski definition) is 5. The third kappa shape index (κ3) is 3.59. The maximum Gasteiger partial charge on any atom is 0.391 e. The summed E-state index contributed by atoms with van der Waals surface area (Å²) < 4.78 is 39.8.